The van der Waals surface area contributed by atoms with E-state index < -0.39 is 42.1 Å². The summed E-state index contributed by atoms with van der Waals surface area (Å²) < 4.78 is 82.1. The first kappa shape index (κ1) is 20.7. The quantitative estimate of drug-likeness (QED) is 0.698. The fraction of sp³-hybridized carbons (Fsp3) is 0.333. The van der Waals surface area contributed by atoms with Crippen molar-refractivity contribution in [2.45, 2.75) is 24.9 Å². The molecule has 0 spiro atoms. The standard InChI is InChI=1S/C18H13F6NO2/c1-27-15(16(26)14(9-25)18(22,23)24)7-11-4-2-3-10-5-6-12(8-13(10)11)17(19,20)21/h2-6,8,14-15H,7H2,1H3. The number of ether oxygens (including phenoxy) is 1. The average Bonchev–Trinajstić information content (AvgIpc) is 2.57. The maximum absolute atomic E-state index is 12.9. The lowest BCUT2D eigenvalue weighted by Gasteiger charge is -2.20. The summed E-state index contributed by atoms with van der Waals surface area (Å²) in [5, 5.41) is 9.24. The smallest absolute Gasteiger partial charge is 0.373 e. The van der Waals surface area contributed by atoms with E-state index in [1.807, 2.05) is 0 Å². The van der Waals surface area contributed by atoms with E-state index in [1.54, 1.807) is 0 Å². The van der Waals surface area contributed by atoms with E-state index in [4.69, 9.17) is 10.00 Å². The molecule has 0 radical (unpaired) electrons. The molecule has 144 valence electrons. The summed E-state index contributed by atoms with van der Waals surface area (Å²) in [4.78, 5) is 12.1. The molecule has 0 aromatic heterocycles. The van der Waals surface area contributed by atoms with E-state index in [-0.39, 0.29) is 10.9 Å². The van der Waals surface area contributed by atoms with Crippen LogP contribution in [0.4, 0.5) is 26.3 Å². The second kappa shape index (κ2) is 7.56. The third-order valence-electron chi connectivity index (χ3n) is 4.05. The summed E-state index contributed by atoms with van der Waals surface area (Å²) >= 11 is 0. The molecule has 0 saturated carbocycles. The lowest BCUT2D eigenvalue weighted by molar-refractivity contribution is -0.175. The molecule has 0 aliphatic carbocycles. The van der Waals surface area contributed by atoms with Crippen LogP contribution in [0.15, 0.2) is 36.4 Å². The first-order valence-corrected chi connectivity index (χ1v) is 7.60. The Bertz CT molecular complexity index is 882. The van der Waals surface area contributed by atoms with Crippen LogP contribution in [0.25, 0.3) is 10.8 Å². The van der Waals surface area contributed by atoms with Crippen molar-refractivity contribution in [3.8, 4) is 6.07 Å². The van der Waals surface area contributed by atoms with Crippen molar-refractivity contribution in [3.63, 3.8) is 0 Å². The van der Waals surface area contributed by atoms with Gasteiger partial charge in [0.1, 0.15) is 6.10 Å². The molecular formula is C18H13F6NO2. The molecule has 0 fully saturated rings. The molecule has 0 N–H and O–H groups in total. The van der Waals surface area contributed by atoms with Gasteiger partial charge in [0.15, 0.2) is 5.78 Å². The lowest BCUT2D eigenvalue weighted by Crippen LogP contribution is -2.38. The molecule has 0 aliphatic heterocycles. The second-order valence-corrected chi connectivity index (χ2v) is 5.79. The van der Waals surface area contributed by atoms with Crippen molar-refractivity contribution in [1.29, 1.82) is 5.26 Å². The number of rotatable bonds is 5. The highest BCUT2D eigenvalue weighted by molar-refractivity contribution is 5.90. The number of carbonyl (C=O) groups excluding carboxylic acids is 1. The maximum atomic E-state index is 12.9. The van der Waals surface area contributed by atoms with E-state index in [2.05, 4.69) is 0 Å². The number of hydrogen-bond acceptors (Lipinski definition) is 3. The molecule has 3 nitrogen and oxygen atoms in total. The summed E-state index contributed by atoms with van der Waals surface area (Å²) in [5.41, 5.74) is -0.717. The van der Waals surface area contributed by atoms with Gasteiger partial charge in [0.25, 0.3) is 0 Å². The largest absolute Gasteiger partial charge is 0.416 e. The Kier molecular flexibility index (Phi) is 5.80. The Labute approximate surface area is 150 Å². The lowest BCUT2D eigenvalue weighted by atomic mass is 9.92. The summed E-state index contributed by atoms with van der Waals surface area (Å²) in [7, 11) is 1.000. The number of nitriles is 1. The fourth-order valence-corrected chi connectivity index (χ4v) is 2.68. The number of fused-ring (bicyclic) bond motifs is 1. The molecule has 2 unspecified atom stereocenters. The van der Waals surface area contributed by atoms with Gasteiger partial charge < -0.3 is 4.74 Å². The normalized spacial score (nSPS) is 14.6. The molecule has 2 atom stereocenters. The number of nitrogens with zero attached hydrogens (tertiary/aromatic N) is 1. The van der Waals surface area contributed by atoms with E-state index in [1.165, 1.54) is 24.3 Å². The van der Waals surface area contributed by atoms with Gasteiger partial charge in [0.2, 0.25) is 5.92 Å². The summed E-state index contributed by atoms with van der Waals surface area (Å²) in [5.74, 6) is -4.36. The molecule has 2 aromatic rings. The third kappa shape index (κ3) is 4.57. The molecule has 0 saturated heterocycles. The molecule has 0 amide bonds. The first-order valence-electron chi connectivity index (χ1n) is 7.60. The Balaban J connectivity index is 2.44. The van der Waals surface area contributed by atoms with Crippen molar-refractivity contribution < 1.29 is 35.9 Å². The number of benzene rings is 2. The second-order valence-electron chi connectivity index (χ2n) is 5.79. The number of carbonyl (C=O) groups is 1. The van der Waals surface area contributed by atoms with E-state index >= 15 is 0 Å². The van der Waals surface area contributed by atoms with Crippen LogP contribution in [-0.2, 0) is 22.1 Å². The minimum Gasteiger partial charge on any atom is -0.373 e. The van der Waals surface area contributed by atoms with Crippen molar-refractivity contribution in [2.75, 3.05) is 7.11 Å². The molecule has 27 heavy (non-hydrogen) atoms. The van der Waals surface area contributed by atoms with Crippen LogP contribution in [0, 0.1) is 17.2 Å². The molecule has 0 aliphatic rings. The monoisotopic (exact) mass is 389 g/mol. The van der Waals surface area contributed by atoms with Crippen LogP contribution in [0.5, 0.6) is 0 Å². The van der Waals surface area contributed by atoms with Crippen molar-refractivity contribution in [2.24, 2.45) is 5.92 Å². The van der Waals surface area contributed by atoms with Gasteiger partial charge in [-0.1, -0.05) is 24.3 Å². The highest BCUT2D eigenvalue weighted by Crippen LogP contribution is 2.33. The van der Waals surface area contributed by atoms with E-state index in [9.17, 15) is 31.1 Å². The minimum absolute atomic E-state index is 0.141. The zero-order valence-corrected chi connectivity index (χ0v) is 13.9. The maximum Gasteiger partial charge on any atom is 0.416 e. The Morgan fingerprint density at radius 1 is 1.15 bits per heavy atom. The number of ketones is 1. The van der Waals surface area contributed by atoms with Gasteiger partial charge in [0, 0.05) is 13.5 Å². The Hall–Kier alpha value is -2.60. The molecule has 0 bridgehead atoms. The molecule has 2 aromatic carbocycles. The number of halogens is 6. The molecule has 0 heterocycles. The molecule has 2 rings (SSSR count). The SMILES string of the molecule is COC(Cc1cccc2ccc(C(F)(F)F)cc12)C(=O)C(C#N)C(F)(F)F. The summed E-state index contributed by atoms with van der Waals surface area (Å²) in [6.07, 6.45) is -11.7. The van der Waals surface area contributed by atoms with Crippen LogP contribution in [0.3, 0.4) is 0 Å². The third-order valence-corrected chi connectivity index (χ3v) is 4.05. The van der Waals surface area contributed by atoms with Crippen molar-refractivity contribution >= 4 is 16.6 Å². The van der Waals surface area contributed by atoms with Crippen molar-refractivity contribution in [3.05, 3.63) is 47.5 Å². The average molecular weight is 389 g/mol. The van der Waals surface area contributed by atoms with Crippen LogP contribution < -0.4 is 0 Å². The van der Waals surface area contributed by atoms with Crippen molar-refractivity contribution in [1.82, 2.24) is 0 Å². The minimum atomic E-state index is -5.06. The number of alkyl halides is 6. The van der Waals surface area contributed by atoms with Crippen LogP contribution in [-0.4, -0.2) is 25.2 Å². The van der Waals surface area contributed by atoms with Gasteiger partial charge >= 0.3 is 12.4 Å². The summed E-state index contributed by atoms with van der Waals surface area (Å²) in [6, 6.07) is 8.34. The van der Waals surface area contributed by atoms with Crippen LogP contribution in [0.2, 0.25) is 0 Å². The fourth-order valence-electron chi connectivity index (χ4n) is 2.68. The predicted molar refractivity (Wildman–Crippen MR) is 83.6 cm³/mol. The zero-order valence-electron chi connectivity index (χ0n) is 13.9. The summed E-state index contributed by atoms with van der Waals surface area (Å²) in [6.45, 7) is 0. The van der Waals surface area contributed by atoms with Gasteiger partial charge in [-0.2, -0.15) is 31.6 Å². The number of hydrogen-bond donors (Lipinski definition) is 0. The predicted octanol–water partition coefficient (Wildman–Crippen LogP) is 4.69. The van der Waals surface area contributed by atoms with Gasteiger partial charge in [-0.25, -0.2) is 0 Å². The van der Waals surface area contributed by atoms with Gasteiger partial charge in [0.05, 0.1) is 11.6 Å². The van der Waals surface area contributed by atoms with Gasteiger partial charge in [-0.15, -0.1) is 0 Å². The zero-order chi connectivity index (χ0) is 20.4. The topological polar surface area (TPSA) is 50.1 Å². The Morgan fingerprint density at radius 2 is 1.81 bits per heavy atom. The number of methoxy groups -OCH3 is 1. The highest BCUT2D eigenvalue weighted by atomic mass is 19.4. The van der Waals surface area contributed by atoms with Crippen LogP contribution in [0.1, 0.15) is 11.1 Å². The van der Waals surface area contributed by atoms with Gasteiger partial charge in [-0.05, 0) is 28.5 Å². The molecular weight excluding hydrogens is 376 g/mol. The Morgan fingerprint density at radius 3 is 2.33 bits per heavy atom. The highest BCUT2D eigenvalue weighted by Gasteiger charge is 2.47. The first-order chi connectivity index (χ1) is 12.5. The van der Waals surface area contributed by atoms with E-state index in [0.29, 0.717) is 5.39 Å². The van der Waals surface area contributed by atoms with Gasteiger partial charge in [-0.3, -0.25) is 4.79 Å². The molecule has 9 heteroatoms. The van der Waals surface area contributed by atoms with Crippen LogP contribution >= 0.6 is 0 Å². The van der Waals surface area contributed by atoms with E-state index in [0.717, 1.165) is 25.3 Å². The number of Topliss-reactive ketones (excluding diaryl/α,β-unsaturated/α-hetero) is 1.